The molecule has 94 valence electrons. The van der Waals surface area contributed by atoms with E-state index in [0.29, 0.717) is 12.6 Å². The number of carbonyl (C=O) groups is 1. The predicted molar refractivity (Wildman–Crippen MR) is 63.9 cm³/mol. The van der Waals surface area contributed by atoms with Gasteiger partial charge in [0.2, 0.25) is 5.91 Å². The molecule has 4 heteroatoms. The van der Waals surface area contributed by atoms with Crippen LogP contribution in [0.3, 0.4) is 0 Å². The van der Waals surface area contributed by atoms with E-state index in [4.69, 9.17) is 10.8 Å². The second-order valence-corrected chi connectivity index (χ2v) is 4.58. The summed E-state index contributed by atoms with van der Waals surface area (Å²) in [4.78, 5) is 13.5. The number of carbonyl (C=O) groups excluding carboxylic acids is 1. The van der Waals surface area contributed by atoms with Gasteiger partial charge in [0.25, 0.3) is 0 Å². The molecule has 4 nitrogen and oxygen atoms in total. The first kappa shape index (κ1) is 13.5. The lowest BCUT2D eigenvalue weighted by atomic mass is 9.92. The molecule has 0 spiro atoms. The molecule has 1 unspecified atom stereocenters. The SMILES string of the molecule is CCC(C(N)=O)N(CCO)C1CCCCC1. The minimum absolute atomic E-state index is 0.0975. The largest absolute Gasteiger partial charge is 0.395 e. The average Bonchev–Trinajstić information content (AvgIpc) is 2.29. The van der Waals surface area contributed by atoms with E-state index in [0.717, 1.165) is 19.3 Å². The highest BCUT2D eigenvalue weighted by Gasteiger charge is 2.29. The Bertz CT molecular complexity index is 215. The lowest BCUT2D eigenvalue weighted by Gasteiger charge is -2.38. The molecule has 3 N–H and O–H groups in total. The molecule has 1 fully saturated rings. The molecule has 0 aromatic carbocycles. The Morgan fingerprint density at radius 1 is 1.44 bits per heavy atom. The van der Waals surface area contributed by atoms with Crippen molar-refractivity contribution in [2.75, 3.05) is 13.2 Å². The summed E-state index contributed by atoms with van der Waals surface area (Å²) >= 11 is 0. The van der Waals surface area contributed by atoms with Crippen molar-refractivity contribution in [1.82, 2.24) is 4.90 Å². The molecule has 0 heterocycles. The molecule has 1 aliphatic carbocycles. The van der Waals surface area contributed by atoms with Gasteiger partial charge < -0.3 is 10.8 Å². The molecule has 0 saturated heterocycles. The van der Waals surface area contributed by atoms with Crippen LogP contribution in [0.1, 0.15) is 45.4 Å². The number of rotatable bonds is 6. The first-order valence-electron chi connectivity index (χ1n) is 6.36. The summed E-state index contributed by atoms with van der Waals surface area (Å²) in [6.45, 7) is 2.63. The highest BCUT2D eigenvalue weighted by atomic mass is 16.3. The van der Waals surface area contributed by atoms with Gasteiger partial charge in [-0.25, -0.2) is 0 Å². The van der Waals surface area contributed by atoms with E-state index in [1.807, 2.05) is 6.92 Å². The fourth-order valence-corrected chi connectivity index (χ4v) is 2.72. The van der Waals surface area contributed by atoms with Gasteiger partial charge in [-0.2, -0.15) is 0 Å². The molecule has 1 aliphatic rings. The quantitative estimate of drug-likeness (QED) is 0.709. The minimum atomic E-state index is -0.262. The van der Waals surface area contributed by atoms with E-state index in [-0.39, 0.29) is 18.6 Å². The van der Waals surface area contributed by atoms with Gasteiger partial charge in [-0.15, -0.1) is 0 Å². The van der Waals surface area contributed by atoms with Crippen LogP contribution in [0.2, 0.25) is 0 Å². The summed E-state index contributed by atoms with van der Waals surface area (Å²) in [5.41, 5.74) is 5.42. The molecule has 1 saturated carbocycles. The summed E-state index contributed by atoms with van der Waals surface area (Å²) in [6.07, 6.45) is 6.72. The predicted octanol–water partition coefficient (Wildman–Crippen LogP) is 0.877. The lowest BCUT2D eigenvalue weighted by molar-refractivity contribution is -0.124. The van der Waals surface area contributed by atoms with Gasteiger partial charge in [-0.1, -0.05) is 26.2 Å². The maximum atomic E-state index is 11.4. The smallest absolute Gasteiger partial charge is 0.234 e. The zero-order chi connectivity index (χ0) is 12.0. The number of aliphatic hydroxyl groups excluding tert-OH is 1. The minimum Gasteiger partial charge on any atom is -0.395 e. The zero-order valence-corrected chi connectivity index (χ0v) is 10.2. The van der Waals surface area contributed by atoms with Crippen LogP contribution in [0.25, 0.3) is 0 Å². The molecule has 0 aromatic heterocycles. The van der Waals surface area contributed by atoms with Crippen molar-refractivity contribution in [3.8, 4) is 0 Å². The Hall–Kier alpha value is -0.610. The zero-order valence-electron chi connectivity index (χ0n) is 10.2. The van der Waals surface area contributed by atoms with Gasteiger partial charge >= 0.3 is 0 Å². The molecule has 0 bridgehead atoms. The lowest BCUT2D eigenvalue weighted by Crippen LogP contribution is -2.51. The maximum Gasteiger partial charge on any atom is 0.234 e. The molecule has 0 aliphatic heterocycles. The molecular formula is C12H24N2O2. The monoisotopic (exact) mass is 228 g/mol. The molecule has 0 radical (unpaired) electrons. The molecule has 0 aromatic rings. The normalized spacial score (nSPS) is 19.9. The third-order valence-electron chi connectivity index (χ3n) is 3.52. The van der Waals surface area contributed by atoms with Gasteiger partial charge in [-0.05, 0) is 19.3 Å². The first-order valence-corrected chi connectivity index (χ1v) is 6.36. The Morgan fingerprint density at radius 3 is 2.50 bits per heavy atom. The van der Waals surface area contributed by atoms with Gasteiger partial charge in [0.05, 0.1) is 12.6 Å². The van der Waals surface area contributed by atoms with Gasteiger partial charge in [0, 0.05) is 12.6 Å². The van der Waals surface area contributed by atoms with Crippen LogP contribution in [-0.2, 0) is 4.79 Å². The summed E-state index contributed by atoms with van der Waals surface area (Å²) in [5.74, 6) is -0.262. The van der Waals surface area contributed by atoms with Crippen LogP contribution in [-0.4, -0.2) is 41.1 Å². The van der Waals surface area contributed by atoms with Crippen LogP contribution < -0.4 is 5.73 Å². The van der Waals surface area contributed by atoms with Crippen molar-refractivity contribution in [3.05, 3.63) is 0 Å². The van der Waals surface area contributed by atoms with Crippen LogP contribution in [0.15, 0.2) is 0 Å². The van der Waals surface area contributed by atoms with Gasteiger partial charge in [-0.3, -0.25) is 9.69 Å². The van der Waals surface area contributed by atoms with E-state index >= 15 is 0 Å². The molecule has 1 amide bonds. The standard InChI is InChI=1S/C12H24N2O2/c1-2-11(12(13)16)14(8-9-15)10-6-4-3-5-7-10/h10-11,15H,2-9H2,1H3,(H2,13,16). The van der Waals surface area contributed by atoms with Gasteiger partial charge in [0.15, 0.2) is 0 Å². The number of amides is 1. The first-order chi connectivity index (χ1) is 7.70. The Morgan fingerprint density at radius 2 is 2.06 bits per heavy atom. The van der Waals surface area contributed by atoms with Crippen molar-refractivity contribution in [2.45, 2.75) is 57.5 Å². The Balaban J connectivity index is 2.66. The van der Waals surface area contributed by atoms with Crippen molar-refractivity contribution in [3.63, 3.8) is 0 Å². The molecule has 1 atom stereocenters. The summed E-state index contributed by atoms with van der Waals surface area (Å²) in [6, 6.07) is 0.216. The summed E-state index contributed by atoms with van der Waals surface area (Å²) in [5, 5.41) is 9.10. The van der Waals surface area contributed by atoms with E-state index in [9.17, 15) is 4.79 Å². The van der Waals surface area contributed by atoms with Crippen molar-refractivity contribution in [1.29, 1.82) is 0 Å². The summed E-state index contributed by atoms with van der Waals surface area (Å²) < 4.78 is 0. The highest BCUT2D eigenvalue weighted by Crippen LogP contribution is 2.24. The molecule has 16 heavy (non-hydrogen) atoms. The number of hydrogen-bond acceptors (Lipinski definition) is 3. The average molecular weight is 228 g/mol. The van der Waals surface area contributed by atoms with E-state index in [2.05, 4.69) is 4.90 Å². The third-order valence-corrected chi connectivity index (χ3v) is 3.52. The maximum absolute atomic E-state index is 11.4. The van der Waals surface area contributed by atoms with Crippen LogP contribution in [0, 0.1) is 0 Å². The number of primary amides is 1. The van der Waals surface area contributed by atoms with Crippen LogP contribution >= 0.6 is 0 Å². The topological polar surface area (TPSA) is 66.6 Å². The van der Waals surface area contributed by atoms with E-state index < -0.39 is 0 Å². The number of nitrogens with zero attached hydrogens (tertiary/aromatic N) is 1. The van der Waals surface area contributed by atoms with Crippen molar-refractivity contribution in [2.24, 2.45) is 5.73 Å². The van der Waals surface area contributed by atoms with Crippen LogP contribution in [0.4, 0.5) is 0 Å². The third kappa shape index (κ3) is 3.46. The van der Waals surface area contributed by atoms with Gasteiger partial charge in [0.1, 0.15) is 0 Å². The number of nitrogens with two attached hydrogens (primary N) is 1. The molecule has 1 rings (SSSR count). The summed E-state index contributed by atoms with van der Waals surface area (Å²) in [7, 11) is 0. The second kappa shape index (κ2) is 6.86. The fourth-order valence-electron chi connectivity index (χ4n) is 2.72. The number of hydrogen-bond donors (Lipinski definition) is 2. The van der Waals surface area contributed by atoms with E-state index in [1.165, 1.54) is 19.3 Å². The number of aliphatic hydroxyl groups is 1. The van der Waals surface area contributed by atoms with Crippen molar-refractivity contribution >= 4 is 5.91 Å². The van der Waals surface area contributed by atoms with Crippen LogP contribution in [0.5, 0.6) is 0 Å². The fraction of sp³-hybridized carbons (Fsp3) is 0.917. The highest BCUT2D eigenvalue weighted by molar-refractivity contribution is 5.79. The molecular weight excluding hydrogens is 204 g/mol. The second-order valence-electron chi connectivity index (χ2n) is 4.58. The van der Waals surface area contributed by atoms with Crippen molar-refractivity contribution < 1.29 is 9.90 Å². The Kier molecular flexibility index (Phi) is 5.77. The Labute approximate surface area is 97.8 Å². The van der Waals surface area contributed by atoms with E-state index in [1.54, 1.807) is 0 Å².